The number of piperazine rings is 1. The number of nitrogens with zero attached hydrogens (tertiary/aromatic N) is 5. The van der Waals surface area contributed by atoms with E-state index in [9.17, 15) is 0 Å². The van der Waals surface area contributed by atoms with Crippen molar-refractivity contribution in [2.75, 3.05) is 33.2 Å². The molecule has 5 aliphatic heterocycles. The zero-order valence-electron chi connectivity index (χ0n) is 19.8. The van der Waals surface area contributed by atoms with Gasteiger partial charge in [-0.3, -0.25) is 19.7 Å². The van der Waals surface area contributed by atoms with Crippen LogP contribution < -0.4 is 5.32 Å². The minimum atomic E-state index is 0.0967. The molecule has 6 rings (SSSR count). The lowest BCUT2D eigenvalue weighted by molar-refractivity contribution is 0.102. The van der Waals surface area contributed by atoms with E-state index in [4.69, 9.17) is 16.6 Å². The first-order valence-corrected chi connectivity index (χ1v) is 13.0. The standard InChI is InChI=1S/C26H35ClN6/c1-18-7-5-13-28-24(18)20-9-3-10-21(30(20)2)25-26(27)33-22(29-25)11-4-12-23(33)32-16-15-31-14-6-8-19(31)17-32/h4-5,7,11-13,19-22,29H,3,6,8-10,14-17H2,1-2H3. The van der Waals surface area contributed by atoms with Crippen LogP contribution in [-0.2, 0) is 0 Å². The summed E-state index contributed by atoms with van der Waals surface area (Å²) in [5, 5.41) is 4.65. The molecule has 7 heteroatoms. The van der Waals surface area contributed by atoms with Crippen LogP contribution in [0.4, 0.5) is 0 Å². The van der Waals surface area contributed by atoms with E-state index in [1.165, 1.54) is 48.6 Å². The monoisotopic (exact) mass is 466 g/mol. The number of piperidine rings is 1. The van der Waals surface area contributed by atoms with Crippen molar-refractivity contribution in [2.45, 2.75) is 63.3 Å². The minimum Gasteiger partial charge on any atom is -0.361 e. The Morgan fingerprint density at radius 2 is 1.97 bits per heavy atom. The van der Waals surface area contributed by atoms with Gasteiger partial charge in [0.05, 0.1) is 23.5 Å². The molecule has 176 valence electrons. The normalized spacial score (nSPS) is 32.6. The Morgan fingerprint density at radius 3 is 2.85 bits per heavy atom. The van der Waals surface area contributed by atoms with Gasteiger partial charge in [0.25, 0.3) is 0 Å². The molecule has 4 unspecified atom stereocenters. The van der Waals surface area contributed by atoms with Gasteiger partial charge in [-0.05, 0) is 76.4 Å². The summed E-state index contributed by atoms with van der Waals surface area (Å²) >= 11 is 7.19. The predicted octanol–water partition coefficient (Wildman–Crippen LogP) is 3.75. The Bertz CT molecular complexity index is 1000. The maximum Gasteiger partial charge on any atom is 0.133 e. The second kappa shape index (κ2) is 8.64. The van der Waals surface area contributed by atoms with E-state index in [1.807, 2.05) is 12.3 Å². The lowest BCUT2D eigenvalue weighted by atomic mass is 9.91. The zero-order valence-corrected chi connectivity index (χ0v) is 20.5. The third-order valence-corrected chi connectivity index (χ3v) is 8.74. The number of hydrogen-bond donors (Lipinski definition) is 1. The number of hydrogen-bond acceptors (Lipinski definition) is 6. The summed E-state index contributed by atoms with van der Waals surface area (Å²) in [5.74, 6) is 1.25. The molecule has 0 spiro atoms. The Kier molecular flexibility index (Phi) is 5.63. The highest BCUT2D eigenvalue weighted by Crippen LogP contribution is 2.41. The van der Waals surface area contributed by atoms with Gasteiger partial charge in [-0.1, -0.05) is 23.7 Å². The maximum atomic E-state index is 7.19. The molecule has 6 heterocycles. The molecule has 3 fully saturated rings. The van der Waals surface area contributed by atoms with E-state index in [1.54, 1.807) is 0 Å². The zero-order chi connectivity index (χ0) is 22.5. The van der Waals surface area contributed by atoms with Gasteiger partial charge in [-0.2, -0.15) is 0 Å². The average Bonchev–Trinajstić information content (AvgIpc) is 3.44. The van der Waals surface area contributed by atoms with Crippen LogP contribution in [0, 0.1) is 6.92 Å². The highest BCUT2D eigenvalue weighted by Gasteiger charge is 2.42. The molecular formula is C26H35ClN6. The van der Waals surface area contributed by atoms with Crippen LogP contribution in [0.3, 0.4) is 0 Å². The quantitative estimate of drug-likeness (QED) is 0.684. The summed E-state index contributed by atoms with van der Waals surface area (Å²) in [6.07, 6.45) is 14.8. The molecule has 6 nitrogen and oxygen atoms in total. The average molecular weight is 467 g/mol. The molecule has 0 amide bonds. The van der Waals surface area contributed by atoms with E-state index < -0.39 is 0 Å². The SMILES string of the molecule is Cc1cccnc1C1CCCC(C2=C(Cl)N3C(N4CCN5CCCC5C4)=CC=CC3N2)N1C. The molecule has 0 radical (unpaired) electrons. The summed E-state index contributed by atoms with van der Waals surface area (Å²) < 4.78 is 0. The fraction of sp³-hybridized carbons (Fsp3) is 0.577. The van der Waals surface area contributed by atoms with Gasteiger partial charge in [0.15, 0.2) is 0 Å². The summed E-state index contributed by atoms with van der Waals surface area (Å²) in [7, 11) is 2.24. The smallest absolute Gasteiger partial charge is 0.133 e. The molecule has 1 N–H and O–H groups in total. The van der Waals surface area contributed by atoms with Gasteiger partial charge in [0, 0.05) is 31.9 Å². The predicted molar refractivity (Wildman–Crippen MR) is 132 cm³/mol. The number of allylic oxidation sites excluding steroid dienone is 2. The molecule has 3 saturated heterocycles. The number of aromatic nitrogens is 1. The molecule has 0 aliphatic carbocycles. The third kappa shape index (κ3) is 3.67. The van der Waals surface area contributed by atoms with Gasteiger partial charge in [0.1, 0.15) is 17.1 Å². The summed E-state index contributed by atoms with van der Waals surface area (Å²) in [4.78, 5) is 14.8. The van der Waals surface area contributed by atoms with E-state index in [-0.39, 0.29) is 12.2 Å². The molecule has 5 aliphatic rings. The van der Waals surface area contributed by atoms with E-state index in [2.05, 4.69) is 63.2 Å². The van der Waals surface area contributed by atoms with Crippen molar-refractivity contribution >= 4 is 11.6 Å². The Labute approximate surface area is 202 Å². The molecule has 33 heavy (non-hydrogen) atoms. The van der Waals surface area contributed by atoms with Crippen molar-refractivity contribution in [1.29, 1.82) is 0 Å². The highest BCUT2D eigenvalue weighted by atomic mass is 35.5. The molecule has 1 aromatic heterocycles. The Hall–Kier alpha value is -2.02. The van der Waals surface area contributed by atoms with Gasteiger partial charge in [-0.25, -0.2) is 0 Å². The second-order valence-electron chi connectivity index (χ2n) is 10.2. The van der Waals surface area contributed by atoms with Crippen molar-refractivity contribution in [1.82, 2.24) is 29.9 Å². The third-order valence-electron chi connectivity index (χ3n) is 8.35. The fourth-order valence-electron chi connectivity index (χ4n) is 6.58. The number of likely N-dealkylation sites (tertiary alicyclic amines) is 1. The fourth-order valence-corrected chi connectivity index (χ4v) is 6.96. The van der Waals surface area contributed by atoms with Crippen molar-refractivity contribution < 1.29 is 0 Å². The van der Waals surface area contributed by atoms with Crippen molar-refractivity contribution in [3.05, 3.63) is 64.5 Å². The van der Waals surface area contributed by atoms with Crippen molar-refractivity contribution in [2.24, 2.45) is 0 Å². The van der Waals surface area contributed by atoms with Gasteiger partial charge >= 0.3 is 0 Å². The first-order valence-electron chi connectivity index (χ1n) is 12.6. The molecule has 1 aromatic rings. The first-order chi connectivity index (χ1) is 16.1. The topological polar surface area (TPSA) is 37.9 Å². The molecule has 0 aromatic carbocycles. The van der Waals surface area contributed by atoms with E-state index in [0.29, 0.717) is 12.1 Å². The van der Waals surface area contributed by atoms with Gasteiger partial charge in [0.2, 0.25) is 0 Å². The van der Waals surface area contributed by atoms with Crippen LogP contribution in [0.5, 0.6) is 0 Å². The first kappa shape index (κ1) is 21.5. The van der Waals surface area contributed by atoms with Crippen molar-refractivity contribution in [3.8, 4) is 0 Å². The van der Waals surface area contributed by atoms with Gasteiger partial charge < -0.3 is 10.2 Å². The number of pyridine rings is 1. The number of fused-ring (bicyclic) bond motifs is 2. The van der Waals surface area contributed by atoms with Crippen LogP contribution in [0.15, 0.2) is 53.2 Å². The number of halogens is 1. The molecule has 4 atom stereocenters. The van der Waals surface area contributed by atoms with Crippen molar-refractivity contribution in [3.63, 3.8) is 0 Å². The summed E-state index contributed by atoms with van der Waals surface area (Å²) in [6.45, 7) is 6.77. The number of aryl methyl sites for hydroxylation is 1. The maximum absolute atomic E-state index is 7.19. The molecular weight excluding hydrogens is 432 g/mol. The molecule has 0 saturated carbocycles. The van der Waals surface area contributed by atoms with Crippen LogP contribution in [0.1, 0.15) is 49.4 Å². The van der Waals surface area contributed by atoms with Gasteiger partial charge in [-0.15, -0.1) is 0 Å². The molecule has 0 bridgehead atoms. The second-order valence-corrected chi connectivity index (χ2v) is 10.5. The van der Waals surface area contributed by atoms with Crippen LogP contribution >= 0.6 is 11.6 Å². The Balaban J connectivity index is 1.26. The number of rotatable bonds is 3. The lowest BCUT2D eigenvalue weighted by Gasteiger charge is -2.43. The Morgan fingerprint density at radius 1 is 1.09 bits per heavy atom. The number of nitrogens with one attached hydrogen (secondary N) is 1. The van der Waals surface area contributed by atoms with E-state index >= 15 is 0 Å². The largest absolute Gasteiger partial charge is 0.361 e. The highest BCUT2D eigenvalue weighted by molar-refractivity contribution is 6.30. The summed E-state index contributed by atoms with van der Waals surface area (Å²) in [5.41, 5.74) is 3.64. The lowest BCUT2D eigenvalue weighted by Crippen LogP contribution is -2.53. The minimum absolute atomic E-state index is 0.0967. The van der Waals surface area contributed by atoms with Crippen LogP contribution in [0.25, 0.3) is 0 Å². The van der Waals surface area contributed by atoms with Crippen LogP contribution in [0.2, 0.25) is 0 Å². The van der Waals surface area contributed by atoms with Crippen LogP contribution in [-0.4, -0.2) is 76.1 Å². The number of likely N-dealkylation sites (N-methyl/N-ethyl adjacent to an activating group) is 1. The summed E-state index contributed by atoms with van der Waals surface area (Å²) in [6, 6.07) is 5.48. The van der Waals surface area contributed by atoms with E-state index in [0.717, 1.165) is 37.6 Å².